The van der Waals surface area contributed by atoms with Gasteiger partial charge in [0.2, 0.25) is 10.0 Å². The Bertz CT molecular complexity index is 1450. The van der Waals surface area contributed by atoms with Crippen molar-refractivity contribution in [3.8, 4) is 11.5 Å². The van der Waals surface area contributed by atoms with Crippen LogP contribution in [0.4, 0.5) is 0 Å². The van der Waals surface area contributed by atoms with Gasteiger partial charge in [0, 0.05) is 36.8 Å². The van der Waals surface area contributed by atoms with Gasteiger partial charge < -0.3 is 9.84 Å². The Hall–Kier alpha value is -2.84. The third-order valence-electron chi connectivity index (χ3n) is 8.26. The maximum absolute atomic E-state index is 13.2. The van der Waals surface area contributed by atoms with Crippen LogP contribution in [-0.2, 0) is 29.3 Å². The average Bonchev–Trinajstić information content (AvgIpc) is 3.46. The molecule has 0 amide bonds. The predicted molar refractivity (Wildman–Crippen MR) is 144 cm³/mol. The Balaban J connectivity index is 1.34. The van der Waals surface area contributed by atoms with Crippen molar-refractivity contribution in [3.63, 3.8) is 0 Å². The molecule has 2 aromatic carbocycles. The molecular weight excluding hydrogens is 486 g/mol. The van der Waals surface area contributed by atoms with Crippen LogP contribution >= 0.6 is 0 Å². The zero-order chi connectivity index (χ0) is 26.5. The van der Waals surface area contributed by atoms with Gasteiger partial charge in [-0.15, -0.1) is 0 Å². The fourth-order valence-corrected chi connectivity index (χ4v) is 7.66. The second-order valence-corrected chi connectivity index (χ2v) is 12.5. The first-order valence-corrected chi connectivity index (χ1v) is 14.6. The number of piperidine rings is 1. The smallest absolute Gasteiger partial charge is 0.243 e. The van der Waals surface area contributed by atoms with Crippen molar-refractivity contribution in [2.24, 2.45) is 0 Å². The molecule has 0 bridgehead atoms. The molecular formula is C29H37N3O4S. The average molecular weight is 524 g/mol. The van der Waals surface area contributed by atoms with Gasteiger partial charge in [0.25, 0.3) is 0 Å². The highest BCUT2D eigenvalue weighted by atomic mass is 32.2. The van der Waals surface area contributed by atoms with E-state index in [-0.39, 0.29) is 16.7 Å². The number of sulfonamides is 1. The summed E-state index contributed by atoms with van der Waals surface area (Å²) in [4.78, 5) is 0.143. The van der Waals surface area contributed by atoms with E-state index in [0.717, 1.165) is 30.7 Å². The van der Waals surface area contributed by atoms with E-state index >= 15 is 0 Å². The van der Waals surface area contributed by atoms with Crippen molar-refractivity contribution in [1.29, 1.82) is 0 Å². The lowest BCUT2D eigenvalue weighted by Gasteiger charge is -2.32. The maximum atomic E-state index is 13.2. The molecule has 1 N–H and O–H groups in total. The highest BCUT2D eigenvalue weighted by Crippen LogP contribution is 2.38. The highest BCUT2D eigenvalue weighted by molar-refractivity contribution is 7.89. The van der Waals surface area contributed by atoms with E-state index in [1.807, 2.05) is 0 Å². The number of methoxy groups -OCH3 is 1. The number of phenolic OH excluding ortho intramolecular Hbond substituents is 1. The number of fused-ring (bicyclic) bond motifs is 1. The number of aryl methyl sites for hydroxylation is 3. The number of hydrogen-bond donors (Lipinski definition) is 1. The molecule has 8 heteroatoms. The van der Waals surface area contributed by atoms with Crippen LogP contribution in [0.15, 0.2) is 29.2 Å². The van der Waals surface area contributed by atoms with E-state index in [9.17, 15) is 13.5 Å². The summed E-state index contributed by atoms with van der Waals surface area (Å²) in [5, 5.41) is 14.9. The Morgan fingerprint density at radius 1 is 1.03 bits per heavy atom. The summed E-state index contributed by atoms with van der Waals surface area (Å²) in [6.45, 7) is 8.97. The van der Waals surface area contributed by atoms with Crippen molar-refractivity contribution in [2.75, 3.05) is 20.2 Å². The van der Waals surface area contributed by atoms with Crippen molar-refractivity contribution >= 4 is 10.0 Å². The second kappa shape index (κ2) is 9.80. The van der Waals surface area contributed by atoms with Crippen molar-refractivity contribution < 1.29 is 18.3 Å². The molecule has 0 spiro atoms. The number of benzene rings is 2. The van der Waals surface area contributed by atoms with Crippen LogP contribution in [0, 0.1) is 27.7 Å². The summed E-state index contributed by atoms with van der Waals surface area (Å²) in [7, 11) is -1.88. The minimum absolute atomic E-state index is 0.00354. The minimum Gasteiger partial charge on any atom is -0.508 e. The minimum atomic E-state index is -3.64. The molecule has 7 nitrogen and oxygen atoms in total. The van der Waals surface area contributed by atoms with Crippen LogP contribution in [0.25, 0.3) is 0 Å². The number of nitrogens with zero attached hydrogens (tertiary/aromatic N) is 3. The summed E-state index contributed by atoms with van der Waals surface area (Å²) < 4.78 is 35.7. The molecule has 0 saturated carbocycles. The molecule has 1 saturated heterocycles. The van der Waals surface area contributed by atoms with Crippen LogP contribution in [-0.4, -0.2) is 47.8 Å². The van der Waals surface area contributed by atoms with E-state index in [4.69, 9.17) is 9.84 Å². The number of phenols is 1. The topological polar surface area (TPSA) is 84.7 Å². The molecule has 3 aromatic rings. The number of aromatic hydroxyl groups is 1. The van der Waals surface area contributed by atoms with Crippen molar-refractivity contribution in [3.05, 3.63) is 69.0 Å². The van der Waals surface area contributed by atoms with Gasteiger partial charge in [-0.2, -0.15) is 9.40 Å². The van der Waals surface area contributed by atoms with E-state index in [0.29, 0.717) is 31.5 Å². The molecule has 0 atom stereocenters. The van der Waals surface area contributed by atoms with Crippen LogP contribution in [0.3, 0.4) is 0 Å². The second-order valence-electron chi connectivity index (χ2n) is 10.6. The lowest BCUT2D eigenvalue weighted by molar-refractivity contribution is 0.258. The third kappa shape index (κ3) is 4.55. The van der Waals surface area contributed by atoms with Gasteiger partial charge in [0.15, 0.2) is 0 Å². The SMILES string of the molecule is COc1c(C)cc(Cc2c(C)nn(C3CCN(S(=O)(=O)c4ccc(C)c(O)c4)CC3)c2C)c2c1CCC2. The van der Waals surface area contributed by atoms with Gasteiger partial charge in [-0.1, -0.05) is 12.1 Å². The first-order valence-electron chi connectivity index (χ1n) is 13.1. The monoisotopic (exact) mass is 523 g/mol. The number of aromatic nitrogens is 2. The van der Waals surface area contributed by atoms with Crippen LogP contribution < -0.4 is 4.74 Å². The quantitative estimate of drug-likeness (QED) is 0.495. The molecule has 1 aliphatic carbocycles. The van der Waals surface area contributed by atoms with E-state index in [1.54, 1.807) is 26.2 Å². The molecule has 2 aliphatic rings. The van der Waals surface area contributed by atoms with Crippen molar-refractivity contribution in [2.45, 2.75) is 77.2 Å². The number of hydrogen-bond acceptors (Lipinski definition) is 5. The Kier molecular flexibility index (Phi) is 6.83. The Morgan fingerprint density at radius 3 is 2.41 bits per heavy atom. The lowest BCUT2D eigenvalue weighted by atomic mass is 9.93. The Morgan fingerprint density at radius 2 is 1.73 bits per heavy atom. The molecule has 198 valence electrons. The molecule has 2 heterocycles. The first-order chi connectivity index (χ1) is 17.6. The van der Waals surface area contributed by atoms with Crippen molar-refractivity contribution in [1.82, 2.24) is 14.1 Å². The van der Waals surface area contributed by atoms with E-state index in [2.05, 4.69) is 31.5 Å². The molecule has 0 unspecified atom stereocenters. The van der Waals surface area contributed by atoms with Gasteiger partial charge in [0.05, 0.1) is 23.7 Å². The van der Waals surface area contributed by atoms with Gasteiger partial charge in [-0.05, 0) is 93.7 Å². The zero-order valence-corrected chi connectivity index (χ0v) is 23.3. The molecule has 37 heavy (non-hydrogen) atoms. The highest BCUT2D eigenvalue weighted by Gasteiger charge is 2.32. The largest absolute Gasteiger partial charge is 0.508 e. The number of rotatable bonds is 6. The zero-order valence-electron chi connectivity index (χ0n) is 22.5. The van der Waals surface area contributed by atoms with Gasteiger partial charge in [0.1, 0.15) is 11.5 Å². The summed E-state index contributed by atoms with van der Waals surface area (Å²) in [6.07, 6.45) is 5.61. The summed E-state index contributed by atoms with van der Waals surface area (Å²) in [6, 6.07) is 7.01. The van der Waals surface area contributed by atoms with E-state index in [1.165, 1.54) is 50.3 Å². The van der Waals surface area contributed by atoms with E-state index < -0.39 is 10.0 Å². The molecule has 1 aromatic heterocycles. The summed E-state index contributed by atoms with van der Waals surface area (Å²) in [5.41, 5.74) is 9.52. The maximum Gasteiger partial charge on any atom is 0.243 e. The summed E-state index contributed by atoms with van der Waals surface area (Å²) in [5.74, 6) is 1.05. The normalized spacial score (nSPS) is 16.8. The van der Waals surface area contributed by atoms with Crippen LogP contribution in [0.1, 0.15) is 70.1 Å². The first kappa shape index (κ1) is 25.8. The van der Waals surface area contributed by atoms with Gasteiger partial charge in [-0.3, -0.25) is 4.68 Å². The standard InChI is InChI=1S/C29H37N3O4S/c1-18-9-10-24(17-28(18)33)37(34,35)31-13-11-23(12-14-31)32-21(4)27(20(3)30-32)16-22-15-19(2)29(36-5)26-8-6-7-25(22)26/h9-10,15,17,23,33H,6-8,11-14,16H2,1-5H3. The third-order valence-corrected chi connectivity index (χ3v) is 10.2. The molecule has 1 fully saturated rings. The van der Waals surface area contributed by atoms with Gasteiger partial charge >= 0.3 is 0 Å². The molecule has 5 rings (SSSR count). The van der Waals surface area contributed by atoms with Gasteiger partial charge in [-0.25, -0.2) is 8.42 Å². The molecule has 1 aliphatic heterocycles. The van der Waals surface area contributed by atoms with Crippen LogP contribution in [0.2, 0.25) is 0 Å². The van der Waals surface area contributed by atoms with Crippen LogP contribution in [0.5, 0.6) is 11.5 Å². The predicted octanol–water partition coefficient (Wildman–Crippen LogP) is 4.94. The fraction of sp³-hybridized carbons (Fsp3) is 0.483. The summed E-state index contributed by atoms with van der Waals surface area (Å²) >= 11 is 0. The number of ether oxygens (including phenoxy) is 1. The molecule has 0 radical (unpaired) electrons. The fourth-order valence-electron chi connectivity index (χ4n) is 6.17. The Labute approximate surface area is 220 Å². The lowest BCUT2D eigenvalue weighted by Crippen LogP contribution is -2.39.